The van der Waals surface area contributed by atoms with Crippen LogP contribution in [0, 0.1) is 0 Å². The molecule has 0 aliphatic carbocycles. The van der Waals surface area contributed by atoms with Crippen LogP contribution in [0.4, 0.5) is 0 Å². The summed E-state index contributed by atoms with van der Waals surface area (Å²) in [6, 6.07) is 0. The number of ketones is 1. The molecule has 2 N–H and O–H groups in total. The van der Waals surface area contributed by atoms with Crippen LogP contribution in [0.3, 0.4) is 0 Å². The lowest BCUT2D eigenvalue weighted by molar-refractivity contribution is -0.124. The molecular weight excluding hydrogens is 132 g/mol. The number of carbonyl (C=O) groups is 1. The van der Waals surface area contributed by atoms with Gasteiger partial charge in [-0.1, -0.05) is 6.92 Å². The molecule has 0 aromatic heterocycles. The standard InChI is InChI=1S/C7H14O3/c1-3-6(9)4-7(2,10)5-8/h8,10H,3-5H2,1-2H3. The molecule has 0 saturated carbocycles. The summed E-state index contributed by atoms with van der Waals surface area (Å²) in [5.74, 6) is -0.0287. The summed E-state index contributed by atoms with van der Waals surface area (Å²) in [7, 11) is 0. The molecule has 0 aromatic carbocycles. The van der Waals surface area contributed by atoms with E-state index in [0.717, 1.165) is 0 Å². The molecule has 1 atom stereocenters. The van der Waals surface area contributed by atoms with Gasteiger partial charge in [0.1, 0.15) is 5.78 Å². The van der Waals surface area contributed by atoms with Crippen molar-refractivity contribution in [3.05, 3.63) is 0 Å². The Morgan fingerprint density at radius 1 is 1.60 bits per heavy atom. The molecule has 0 heterocycles. The molecule has 3 nitrogen and oxygen atoms in total. The Bertz CT molecular complexity index is 118. The molecule has 0 amide bonds. The van der Waals surface area contributed by atoms with Gasteiger partial charge in [0, 0.05) is 12.8 Å². The Kier molecular flexibility index (Phi) is 3.53. The number of aliphatic hydroxyl groups excluding tert-OH is 1. The lowest BCUT2D eigenvalue weighted by atomic mass is 10.00. The van der Waals surface area contributed by atoms with E-state index >= 15 is 0 Å². The first-order valence-electron chi connectivity index (χ1n) is 3.37. The maximum Gasteiger partial charge on any atom is 0.135 e. The van der Waals surface area contributed by atoms with Crippen molar-refractivity contribution in [2.45, 2.75) is 32.3 Å². The largest absolute Gasteiger partial charge is 0.393 e. The van der Waals surface area contributed by atoms with Crippen LogP contribution in [0.2, 0.25) is 0 Å². The average Bonchev–Trinajstić information content (AvgIpc) is 1.87. The number of rotatable bonds is 4. The van der Waals surface area contributed by atoms with E-state index in [4.69, 9.17) is 10.2 Å². The van der Waals surface area contributed by atoms with Gasteiger partial charge < -0.3 is 10.2 Å². The van der Waals surface area contributed by atoms with Crippen LogP contribution in [0.5, 0.6) is 0 Å². The van der Waals surface area contributed by atoms with E-state index in [2.05, 4.69) is 0 Å². The molecular formula is C7H14O3. The van der Waals surface area contributed by atoms with E-state index in [1.54, 1.807) is 6.92 Å². The first-order valence-corrected chi connectivity index (χ1v) is 3.37. The number of Topliss-reactive ketones (excluding diaryl/α,β-unsaturated/α-hetero) is 1. The van der Waals surface area contributed by atoms with Gasteiger partial charge in [0.2, 0.25) is 0 Å². The van der Waals surface area contributed by atoms with Gasteiger partial charge in [-0.2, -0.15) is 0 Å². The molecule has 10 heavy (non-hydrogen) atoms. The maximum absolute atomic E-state index is 10.7. The van der Waals surface area contributed by atoms with Gasteiger partial charge in [-0.15, -0.1) is 0 Å². The van der Waals surface area contributed by atoms with E-state index in [1.165, 1.54) is 6.92 Å². The molecule has 60 valence electrons. The minimum absolute atomic E-state index is 0.0287. The van der Waals surface area contributed by atoms with Crippen molar-refractivity contribution in [1.29, 1.82) is 0 Å². The summed E-state index contributed by atoms with van der Waals surface area (Å²) in [5.41, 5.74) is -1.23. The lowest BCUT2D eigenvalue weighted by Crippen LogP contribution is -2.31. The maximum atomic E-state index is 10.7. The molecule has 0 rings (SSSR count). The fourth-order valence-electron chi connectivity index (χ4n) is 0.606. The topological polar surface area (TPSA) is 57.5 Å². The van der Waals surface area contributed by atoms with Crippen LogP contribution in [0.25, 0.3) is 0 Å². The van der Waals surface area contributed by atoms with Crippen molar-refractivity contribution in [2.75, 3.05) is 6.61 Å². The van der Waals surface area contributed by atoms with Crippen molar-refractivity contribution < 1.29 is 15.0 Å². The number of hydrogen-bond donors (Lipinski definition) is 2. The summed E-state index contributed by atoms with van der Waals surface area (Å²) in [6.07, 6.45) is 0.455. The van der Waals surface area contributed by atoms with E-state index in [1.807, 2.05) is 0 Å². The van der Waals surface area contributed by atoms with Crippen molar-refractivity contribution >= 4 is 5.78 Å². The van der Waals surface area contributed by atoms with Gasteiger partial charge >= 0.3 is 0 Å². The van der Waals surface area contributed by atoms with Gasteiger partial charge in [-0.05, 0) is 6.92 Å². The predicted octanol–water partition coefficient (Wildman–Crippen LogP) is 0.0989. The number of aliphatic hydroxyl groups is 2. The first kappa shape index (κ1) is 9.59. The average molecular weight is 146 g/mol. The highest BCUT2D eigenvalue weighted by Crippen LogP contribution is 2.08. The van der Waals surface area contributed by atoms with Crippen molar-refractivity contribution in [2.24, 2.45) is 0 Å². The van der Waals surface area contributed by atoms with Gasteiger partial charge in [0.15, 0.2) is 0 Å². The second-order valence-electron chi connectivity index (χ2n) is 2.72. The Hall–Kier alpha value is -0.410. The highest BCUT2D eigenvalue weighted by molar-refractivity contribution is 5.78. The van der Waals surface area contributed by atoms with Crippen molar-refractivity contribution in [3.63, 3.8) is 0 Å². The second-order valence-corrected chi connectivity index (χ2v) is 2.72. The van der Waals surface area contributed by atoms with Crippen LogP contribution in [-0.2, 0) is 4.79 Å². The Balaban J connectivity index is 3.76. The van der Waals surface area contributed by atoms with Crippen LogP contribution < -0.4 is 0 Å². The van der Waals surface area contributed by atoms with Gasteiger partial charge in [0.05, 0.1) is 12.2 Å². The van der Waals surface area contributed by atoms with Crippen molar-refractivity contribution in [3.8, 4) is 0 Å². The minimum Gasteiger partial charge on any atom is -0.393 e. The normalized spacial score (nSPS) is 16.4. The fourth-order valence-corrected chi connectivity index (χ4v) is 0.606. The Labute approximate surface area is 60.7 Å². The fraction of sp³-hybridized carbons (Fsp3) is 0.857. The van der Waals surface area contributed by atoms with E-state index in [0.29, 0.717) is 6.42 Å². The van der Waals surface area contributed by atoms with E-state index in [-0.39, 0.29) is 18.8 Å². The predicted molar refractivity (Wildman–Crippen MR) is 37.6 cm³/mol. The molecule has 3 heteroatoms. The summed E-state index contributed by atoms with van der Waals surface area (Å²) in [5, 5.41) is 17.7. The molecule has 0 fully saturated rings. The quantitative estimate of drug-likeness (QED) is 0.591. The third-order valence-electron chi connectivity index (χ3n) is 1.31. The van der Waals surface area contributed by atoms with Gasteiger partial charge in [-0.3, -0.25) is 4.79 Å². The molecule has 0 aliphatic heterocycles. The second kappa shape index (κ2) is 3.68. The lowest BCUT2D eigenvalue weighted by Gasteiger charge is -2.18. The van der Waals surface area contributed by atoms with Crippen LogP contribution in [-0.4, -0.2) is 28.2 Å². The van der Waals surface area contributed by atoms with E-state index < -0.39 is 5.60 Å². The monoisotopic (exact) mass is 146 g/mol. The molecule has 0 aromatic rings. The number of hydrogen-bond acceptors (Lipinski definition) is 3. The number of carbonyl (C=O) groups excluding carboxylic acids is 1. The molecule has 0 spiro atoms. The highest BCUT2D eigenvalue weighted by atomic mass is 16.3. The third-order valence-corrected chi connectivity index (χ3v) is 1.31. The van der Waals surface area contributed by atoms with Gasteiger partial charge in [-0.25, -0.2) is 0 Å². The van der Waals surface area contributed by atoms with Crippen LogP contribution >= 0.6 is 0 Å². The molecule has 0 radical (unpaired) electrons. The third kappa shape index (κ3) is 3.58. The minimum atomic E-state index is -1.23. The highest BCUT2D eigenvalue weighted by Gasteiger charge is 2.21. The smallest absolute Gasteiger partial charge is 0.135 e. The summed E-state index contributed by atoms with van der Waals surface area (Å²) < 4.78 is 0. The van der Waals surface area contributed by atoms with E-state index in [9.17, 15) is 4.79 Å². The van der Waals surface area contributed by atoms with Crippen molar-refractivity contribution in [1.82, 2.24) is 0 Å². The summed E-state index contributed by atoms with van der Waals surface area (Å²) >= 11 is 0. The molecule has 1 unspecified atom stereocenters. The molecule has 0 bridgehead atoms. The van der Waals surface area contributed by atoms with Crippen LogP contribution in [0.15, 0.2) is 0 Å². The SMILES string of the molecule is CCC(=O)CC(C)(O)CO. The summed E-state index contributed by atoms with van der Waals surface area (Å²) in [6.45, 7) is 2.81. The Morgan fingerprint density at radius 2 is 2.10 bits per heavy atom. The molecule has 0 aliphatic rings. The van der Waals surface area contributed by atoms with Gasteiger partial charge in [0.25, 0.3) is 0 Å². The zero-order chi connectivity index (χ0) is 8.20. The Morgan fingerprint density at radius 3 is 2.40 bits per heavy atom. The molecule has 0 saturated heterocycles. The first-order chi connectivity index (χ1) is 4.52. The zero-order valence-electron chi connectivity index (χ0n) is 6.42. The van der Waals surface area contributed by atoms with Crippen LogP contribution in [0.1, 0.15) is 26.7 Å². The summed E-state index contributed by atoms with van der Waals surface area (Å²) in [4.78, 5) is 10.7. The zero-order valence-corrected chi connectivity index (χ0v) is 6.42.